The number of halogens is 2. The average Bonchev–Trinajstić information content (AvgIpc) is 2.90. The van der Waals surface area contributed by atoms with Gasteiger partial charge >= 0.3 is 0 Å². The van der Waals surface area contributed by atoms with Crippen LogP contribution in [0.15, 0.2) is 0 Å². The summed E-state index contributed by atoms with van der Waals surface area (Å²) < 4.78 is 2.38. The number of nitrogens with zero attached hydrogens (tertiary/aromatic N) is 2. The molecule has 0 radical (unpaired) electrons. The van der Waals surface area contributed by atoms with Gasteiger partial charge in [0.1, 0.15) is 0 Å². The van der Waals surface area contributed by atoms with Crippen molar-refractivity contribution in [3.63, 3.8) is 0 Å². The normalized spacial score (nSPS) is 11.4. The zero-order chi connectivity index (χ0) is 28.8. The molecule has 0 saturated heterocycles. The lowest BCUT2D eigenvalue weighted by molar-refractivity contribution is -0.888. The first-order valence-electron chi connectivity index (χ1n) is 17.9. The standard InChI is InChI=1S/2C18H40N.2BrH/c2*1-5-7-8-9-10-11-12-13-14-15-16-17-18-19(3,4)6-2;;/h2*5-18H2,1-4H3;2*1H/q2*+1;;/p-2. The summed E-state index contributed by atoms with van der Waals surface area (Å²) in [7, 11) is 9.38. The topological polar surface area (TPSA) is 0 Å². The third-order valence-corrected chi connectivity index (χ3v) is 8.95. The molecule has 0 aromatic heterocycles. The van der Waals surface area contributed by atoms with Crippen LogP contribution >= 0.6 is 0 Å². The van der Waals surface area contributed by atoms with Crippen LogP contribution in [-0.4, -0.2) is 63.3 Å². The van der Waals surface area contributed by atoms with Gasteiger partial charge in [0.25, 0.3) is 0 Å². The van der Waals surface area contributed by atoms with Crippen LogP contribution in [0.2, 0.25) is 0 Å². The molecule has 0 rings (SSSR count). The number of hydrogen-bond acceptors (Lipinski definition) is 0. The van der Waals surface area contributed by atoms with Gasteiger partial charge in [-0.3, -0.25) is 0 Å². The molecule has 0 fully saturated rings. The van der Waals surface area contributed by atoms with Crippen LogP contribution < -0.4 is 34.0 Å². The molecule has 0 aliphatic rings. The summed E-state index contributed by atoms with van der Waals surface area (Å²) in [5.41, 5.74) is 0. The molecule has 0 spiro atoms. The SMILES string of the molecule is CCCCCCCCCCCCCC[N+](C)(C)CC.CCCCCCCCCCCCCC[N+](C)(C)CC.[Br-].[Br-]. The van der Waals surface area contributed by atoms with Crippen molar-refractivity contribution in [3.8, 4) is 0 Å². The second-order valence-electron chi connectivity index (χ2n) is 13.7. The summed E-state index contributed by atoms with van der Waals surface area (Å²) in [6.07, 6.45) is 34.8. The first kappa shape index (κ1) is 47.8. The first-order chi connectivity index (χ1) is 18.2. The molecule has 0 saturated carbocycles. The molecule has 0 bridgehead atoms. The highest BCUT2D eigenvalue weighted by atomic mass is 79.9. The molecule has 0 atom stereocenters. The second kappa shape index (κ2) is 36.1. The Morgan fingerprint density at radius 1 is 0.275 bits per heavy atom. The molecular weight excluding hydrogens is 620 g/mol. The summed E-state index contributed by atoms with van der Waals surface area (Å²) in [6.45, 7) is 14.4. The fourth-order valence-electron chi connectivity index (χ4n) is 5.08. The highest BCUT2D eigenvalue weighted by Gasteiger charge is 2.10. The van der Waals surface area contributed by atoms with E-state index in [1.165, 1.54) is 189 Å². The van der Waals surface area contributed by atoms with E-state index >= 15 is 0 Å². The minimum absolute atomic E-state index is 0. The Balaban J connectivity index is -0.000000309. The molecule has 0 unspecified atom stereocenters. The Morgan fingerprint density at radius 3 is 0.625 bits per heavy atom. The quantitative estimate of drug-likeness (QED) is 0.0740. The molecule has 40 heavy (non-hydrogen) atoms. The van der Waals surface area contributed by atoms with Gasteiger partial charge in [-0.15, -0.1) is 0 Å². The van der Waals surface area contributed by atoms with Gasteiger partial charge in [0, 0.05) is 0 Å². The van der Waals surface area contributed by atoms with E-state index < -0.39 is 0 Å². The Morgan fingerprint density at radius 2 is 0.450 bits per heavy atom. The molecule has 0 amide bonds. The lowest BCUT2D eigenvalue weighted by atomic mass is 10.1. The van der Waals surface area contributed by atoms with Crippen molar-refractivity contribution in [2.24, 2.45) is 0 Å². The lowest BCUT2D eigenvalue weighted by Gasteiger charge is -2.28. The molecule has 248 valence electrons. The van der Waals surface area contributed by atoms with Crippen LogP contribution in [0.25, 0.3) is 0 Å². The van der Waals surface area contributed by atoms with Crippen LogP contribution in [0.5, 0.6) is 0 Å². The van der Waals surface area contributed by atoms with Crippen LogP contribution in [0.4, 0.5) is 0 Å². The first-order valence-corrected chi connectivity index (χ1v) is 17.9. The predicted molar refractivity (Wildman–Crippen MR) is 177 cm³/mol. The van der Waals surface area contributed by atoms with Gasteiger partial charge in [0.2, 0.25) is 0 Å². The average molecular weight is 701 g/mol. The maximum Gasteiger partial charge on any atom is 0.0782 e. The Kier molecular flexibility index (Phi) is 43.1. The van der Waals surface area contributed by atoms with E-state index in [1.54, 1.807) is 0 Å². The Bertz CT molecular complexity index is 401. The Hall–Kier alpha value is 0.880. The Labute approximate surface area is 277 Å². The predicted octanol–water partition coefficient (Wildman–Crippen LogP) is 5.58. The van der Waals surface area contributed by atoms with E-state index in [4.69, 9.17) is 0 Å². The van der Waals surface area contributed by atoms with Gasteiger partial charge in [0.05, 0.1) is 54.4 Å². The lowest BCUT2D eigenvalue weighted by Crippen LogP contribution is -3.00. The van der Waals surface area contributed by atoms with Crippen molar-refractivity contribution in [2.75, 3.05) is 54.4 Å². The summed E-state index contributed by atoms with van der Waals surface area (Å²) in [6, 6.07) is 0. The second-order valence-corrected chi connectivity index (χ2v) is 13.7. The summed E-state index contributed by atoms with van der Waals surface area (Å²) >= 11 is 0. The highest BCUT2D eigenvalue weighted by Crippen LogP contribution is 2.14. The van der Waals surface area contributed by atoms with Gasteiger partial charge in [0.15, 0.2) is 0 Å². The third-order valence-electron chi connectivity index (χ3n) is 8.95. The summed E-state index contributed by atoms with van der Waals surface area (Å²) in [5.74, 6) is 0. The maximum absolute atomic E-state index is 2.35. The van der Waals surface area contributed by atoms with Crippen LogP contribution in [0.1, 0.15) is 182 Å². The van der Waals surface area contributed by atoms with Crippen LogP contribution in [0, 0.1) is 0 Å². The van der Waals surface area contributed by atoms with Gasteiger partial charge in [-0.1, -0.05) is 142 Å². The molecule has 0 aliphatic carbocycles. The molecular formula is C36H80Br2N2. The summed E-state index contributed by atoms with van der Waals surface area (Å²) in [5, 5.41) is 0. The smallest absolute Gasteiger partial charge is 0.0782 e. The zero-order valence-corrected chi connectivity index (χ0v) is 32.6. The molecule has 0 aliphatic heterocycles. The fourth-order valence-corrected chi connectivity index (χ4v) is 5.08. The number of hydrogen-bond donors (Lipinski definition) is 0. The van der Waals surface area contributed by atoms with E-state index in [9.17, 15) is 0 Å². The van der Waals surface area contributed by atoms with E-state index in [2.05, 4.69) is 55.9 Å². The highest BCUT2D eigenvalue weighted by molar-refractivity contribution is 4.50. The number of rotatable bonds is 28. The largest absolute Gasteiger partial charge is 1.00 e. The molecule has 0 heterocycles. The molecule has 0 aromatic carbocycles. The molecule has 2 nitrogen and oxygen atoms in total. The minimum atomic E-state index is 0. The van der Waals surface area contributed by atoms with E-state index in [0.717, 1.165) is 0 Å². The van der Waals surface area contributed by atoms with Crippen molar-refractivity contribution >= 4 is 0 Å². The van der Waals surface area contributed by atoms with Crippen LogP contribution in [0.3, 0.4) is 0 Å². The fraction of sp³-hybridized carbons (Fsp3) is 1.00. The monoisotopic (exact) mass is 698 g/mol. The van der Waals surface area contributed by atoms with Gasteiger partial charge in [-0.05, 0) is 39.5 Å². The van der Waals surface area contributed by atoms with Gasteiger partial charge in [-0.2, -0.15) is 0 Å². The van der Waals surface area contributed by atoms with Gasteiger partial charge < -0.3 is 42.9 Å². The number of quaternary nitrogens is 2. The van der Waals surface area contributed by atoms with Crippen LogP contribution in [-0.2, 0) is 0 Å². The van der Waals surface area contributed by atoms with E-state index in [1.807, 2.05) is 0 Å². The van der Waals surface area contributed by atoms with Crippen molar-refractivity contribution < 1.29 is 42.9 Å². The minimum Gasteiger partial charge on any atom is -1.00 e. The van der Waals surface area contributed by atoms with E-state index in [-0.39, 0.29) is 34.0 Å². The maximum atomic E-state index is 2.35. The van der Waals surface area contributed by atoms with Crippen molar-refractivity contribution in [1.29, 1.82) is 0 Å². The summed E-state index contributed by atoms with van der Waals surface area (Å²) in [4.78, 5) is 0. The van der Waals surface area contributed by atoms with Crippen molar-refractivity contribution in [3.05, 3.63) is 0 Å². The molecule has 0 N–H and O–H groups in total. The molecule has 4 heteroatoms. The number of unbranched alkanes of at least 4 members (excludes halogenated alkanes) is 22. The third kappa shape index (κ3) is 41.0. The zero-order valence-electron chi connectivity index (χ0n) is 29.4. The van der Waals surface area contributed by atoms with Crippen molar-refractivity contribution in [2.45, 2.75) is 182 Å². The van der Waals surface area contributed by atoms with E-state index in [0.29, 0.717) is 0 Å². The van der Waals surface area contributed by atoms with Gasteiger partial charge in [-0.25, -0.2) is 0 Å². The molecule has 0 aromatic rings. The van der Waals surface area contributed by atoms with Crippen molar-refractivity contribution in [1.82, 2.24) is 0 Å².